The number of hydrogen-bond acceptors (Lipinski definition) is 6. The quantitative estimate of drug-likeness (QED) is 0.341. The van der Waals surface area contributed by atoms with Crippen molar-refractivity contribution >= 4 is 5.78 Å². The molecule has 0 spiro atoms. The summed E-state index contributed by atoms with van der Waals surface area (Å²) in [6.45, 7) is 13.1. The first-order valence-electron chi connectivity index (χ1n) is 14.3. The number of hydrogen-bond donors (Lipinski definition) is 1. The summed E-state index contributed by atoms with van der Waals surface area (Å²) < 4.78 is 24.8. The lowest BCUT2D eigenvalue weighted by Crippen LogP contribution is -2.53. The van der Waals surface area contributed by atoms with Crippen molar-refractivity contribution in [2.45, 2.75) is 123 Å². The Kier molecular flexibility index (Phi) is 11.2. The minimum Gasteiger partial charge on any atom is -0.393 e. The Labute approximate surface area is 224 Å². The van der Waals surface area contributed by atoms with Gasteiger partial charge in [0.05, 0.1) is 30.3 Å². The Morgan fingerprint density at radius 2 is 1.84 bits per heavy atom. The predicted molar refractivity (Wildman–Crippen MR) is 145 cm³/mol. The second-order valence-corrected chi connectivity index (χ2v) is 12.2. The molecule has 0 saturated carbocycles. The Hall–Kier alpha value is -1.31. The SMILES string of the molecule is CC(O)CCC[C@H](C)[C@H](OC1CCCCO1)C(Cc1ccccc1)C(=O)C(C)(C)[C@@H]1CCOC(C)(C)O1. The van der Waals surface area contributed by atoms with E-state index < -0.39 is 11.2 Å². The maximum absolute atomic E-state index is 14.6. The van der Waals surface area contributed by atoms with Crippen LogP contribution < -0.4 is 0 Å². The van der Waals surface area contributed by atoms with Crippen LogP contribution >= 0.6 is 0 Å². The van der Waals surface area contributed by atoms with Gasteiger partial charge in [-0.3, -0.25) is 4.79 Å². The van der Waals surface area contributed by atoms with Crippen molar-refractivity contribution < 1.29 is 28.8 Å². The average Bonchev–Trinajstić information content (AvgIpc) is 2.86. The number of carbonyl (C=O) groups is 1. The standard InChI is InChI=1S/C31H50O6/c1-22(13-12-14-23(2)32)28(36-27-17-10-11-19-34-27)25(21-24-15-8-7-9-16-24)29(33)30(3,4)26-18-20-35-31(5,6)37-26/h7-9,15-16,22-23,25-28,32H,10-14,17-21H2,1-6H3/t22-,23?,25?,26-,27?,28-/m0/s1. The number of benzene rings is 1. The van der Waals surface area contributed by atoms with E-state index in [0.29, 0.717) is 26.1 Å². The zero-order chi connectivity index (χ0) is 27.1. The van der Waals surface area contributed by atoms with Gasteiger partial charge in [-0.05, 0) is 77.2 Å². The molecule has 0 amide bonds. The lowest BCUT2D eigenvalue weighted by Gasteiger charge is -2.45. The van der Waals surface area contributed by atoms with Gasteiger partial charge in [-0.15, -0.1) is 0 Å². The highest BCUT2D eigenvalue weighted by atomic mass is 16.7. The van der Waals surface area contributed by atoms with Crippen LogP contribution in [-0.4, -0.2) is 54.5 Å². The van der Waals surface area contributed by atoms with E-state index in [1.807, 2.05) is 52.8 Å². The Bertz CT molecular complexity index is 814. The lowest BCUT2D eigenvalue weighted by molar-refractivity contribution is -0.289. The van der Waals surface area contributed by atoms with Crippen molar-refractivity contribution in [2.24, 2.45) is 17.3 Å². The van der Waals surface area contributed by atoms with E-state index >= 15 is 0 Å². The minimum absolute atomic E-state index is 0.129. The number of aliphatic hydroxyl groups excluding tert-OH is 1. The minimum atomic E-state index is -0.713. The van der Waals surface area contributed by atoms with E-state index in [-0.39, 0.29) is 42.2 Å². The molecule has 6 heteroatoms. The molecule has 0 aromatic heterocycles. The number of aliphatic hydroxyl groups is 1. The van der Waals surface area contributed by atoms with E-state index in [0.717, 1.165) is 44.1 Å². The van der Waals surface area contributed by atoms with Gasteiger partial charge in [-0.25, -0.2) is 0 Å². The van der Waals surface area contributed by atoms with Crippen molar-refractivity contribution in [3.63, 3.8) is 0 Å². The van der Waals surface area contributed by atoms with Gasteiger partial charge in [0.1, 0.15) is 5.78 Å². The van der Waals surface area contributed by atoms with Gasteiger partial charge in [0.2, 0.25) is 0 Å². The molecule has 1 aromatic rings. The average molecular weight is 519 g/mol. The van der Waals surface area contributed by atoms with Crippen molar-refractivity contribution in [3.05, 3.63) is 35.9 Å². The van der Waals surface area contributed by atoms with Gasteiger partial charge in [-0.2, -0.15) is 0 Å². The fourth-order valence-corrected chi connectivity index (χ4v) is 5.74. The molecule has 0 aliphatic carbocycles. The van der Waals surface area contributed by atoms with Crippen LogP contribution in [0.4, 0.5) is 0 Å². The summed E-state index contributed by atoms with van der Waals surface area (Å²) in [5, 5.41) is 9.82. The van der Waals surface area contributed by atoms with E-state index in [2.05, 4.69) is 19.1 Å². The van der Waals surface area contributed by atoms with Crippen LogP contribution in [0, 0.1) is 17.3 Å². The maximum Gasteiger partial charge on any atom is 0.163 e. The fraction of sp³-hybridized carbons (Fsp3) is 0.774. The first kappa shape index (κ1) is 30.2. The van der Waals surface area contributed by atoms with E-state index in [1.165, 1.54) is 0 Å². The summed E-state index contributed by atoms with van der Waals surface area (Å²) in [5.41, 5.74) is 0.411. The Morgan fingerprint density at radius 3 is 2.46 bits per heavy atom. The molecule has 6 atom stereocenters. The van der Waals surface area contributed by atoms with Crippen molar-refractivity contribution in [2.75, 3.05) is 13.2 Å². The zero-order valence-electron chi connectivity index (χ0n) is 23.9. The molecule has 6 nitrogen and oxygen atoms in total. The largest absolute Gasteiger partial charge is 0.393 e. The molecule has 0 bridgehead atoms. The van der Waals surface area contributed by atoms with Crippen LogP contribution in [0.3, 0.4) is 0 Å². The van der Waals surface area contributed by atoms with Gasteiger partial charge in [0, 0.05) is 12.5 Å². The molecular formula is C31H50O6. The highest BCUT2D eigenvalue weighted by Gasteiger charge is 2.48. The first-order valence-corrected chi connectivity index (χ1v) is 14.3. The highest BCUT2D eigenvalue weighted by molar-refractivity contribution is 5.87. The molecule has 210 valence electrons. The fourth-order valence-electron chi connectivity index (χ4n) is 5.74. The van der Waals surface area contributed by atoms with E-state index in [9.17, 15) is 9.90 Å². The zero-order valence-corrected chi connectivity index (χ0v) is 23.9. The van der Waals surface area contributed by atoms with Gasteiger partial charge >= 0.3 is 0 Å². The molecule has 0 radical (unpaired) electrons. The van der Waals surface area contributed by atoms with E-state index in [1.54, 1.807) is 0 Å². The number of ether oxygens (including phenoxy) is 4. The van der Waals surface area contributed by atoms with Crippen molar-refractivity contribution in [3.8, 4) is 0 Å². The van der Waals surface area contributed by atoms with Crippen LogP contribution in [-0.2, 0) is 30.2 Å². The molecule has 1 aromatic carbocycles. The molecule has 2 saturated heterocycles. The Morgan fingerprint density at radius 1 is 1.11 bits per heavy atom. The van der Waals surface area contributed by atoms with Crippen LogP contribution in [0.2, 0.25) is 0 Å². The molecule has 2 aliphatic rings. The monoisotopic (exact) mass is 518 g/mol. The summed E-state index contributed by atoms with van der Waals surface area (Å²) in [6.07, 6.45) is 5.61. The molecule has 2 heterocycles. The second kappa shape index (κ2) is 13.7. The molecule has 2 aliphatic heterocycles. The van der Waals surface area contributed by atoms with Gasteiger partial charge in [0.15, 0.2) is 12.1 Å². The molecular weight excluding hydrogens is 468 g/mol. The number of Topliss-reactive ketones (excluding diaryl/α,β-unsaturated/α-hetero) is 1. The van der Waals surface area contributed by atoms with Crippen molar-refractivity contribution in [1.29, 1.82) is 0 Å². The first-order chi connectivity index (χ1) is 17.5. The van der Waals surface area contributed by atoms with Crippen LogP contribution in [0.15, 0.2) is 30.3 Å². The predicted octanol–water partition coefficient (Wildman–Crippen LogP) is 6.08. The smallest absolute Gasteiger partial charge is 0.163 e. The molecule has 3 unspecified atom stereocenters. The maximum atomic E-state index is 14.6. The molecule has 2 fully saturated rings. The molecule has 3 rings (SSSR count). The van der Waals surface area contributed by atoms with E-state index in [4.69, 9.17) is 18.9 Å². The van der Waals surface area contributed by atoms with Gasteiger partial charge in [0.25, 0.3) is 0 Å². The number of ketones is 1. The summed E-state index contributed by atoms with van der Waals surface area (Å²) in [5.74, 6) is -0.763. The summed E-state index contributed by atoms with van der Waals surface area (Å²) in [4.78, 5) is 14.6. The summed E-state index contributed by atoms with van der Waals surface area (Å²) >= 11 is 0. The second-order valence-electron chi connectivity index (χ2n) is 12.2. The van der Waals surface area contributed by atoms with Gasteiger partial charge in [-0.1, -0.05) is 57.5 Å². The van der Waals surface area contributed by atoms with Gasteiger partial charge < -0.3 is 24.1 Å². The van der Waals surface area contributed by atoms with Crippen LogP contribution in [0.1, 0.15) is 92.1 Å². The molecule has 37 heavy (non-hydrogen) atoms. The van der Waals surface area contributed by atoms with Crippen LogP contribution in [0.25, 0.3) is 0 Å². The number of rotatable bonds is 13. The van der Waals surface area contributed by atoms with Crippen molar-refractivity contribution in [1.82, 2.24) is 0 Å². The molecule has 1 N–H and O–H groups in total. The highest BCUT2D eigenvalue weighted by Crippen LogP contribution is 2.40. The summed E-state index contributed by atoms with van der Waals surface area (Å²) in [7, 11) is 0. The lowest BCUT2D eigenvalue weighted by atomic mass is 9.70. The third-order valence-electron chi connectivity index (χ3n) is 8.02. The Balaban J connectivity index is 1.92. The van der Waals surface area contributed by atoms with Crippen LogP contribution in [0.5, 0.6) is 0 Å². The third kappa shape index (κ3) is 8.86. The third-order valence-corrected chi connectivity index (χ3v) is 8.02. The normalized spacial score (nSPS) is 25.7. The topological polar surface area (TPSA) is 74.2 Å². The number of carbonyl (C=O) groups excluding carboxylic acids is 1. The summed E-state index contributed by atoms with van der Waals surface area (Å²) in [6, 6.07) is 10.2.